The van der Waals surface area contributed by atoms with E-state index in [0.29, 0.717) is 6.10 Å². The van der Waals surface area contributed by atoms with E-state index in [1.165, 1.54) is 19.3 Å². The molecule has 0 radical (unpaired) electrons. The van der Waals surface area contributed by atoms with Crippen LogP contribution in [-0.4, -0.2) is 48.2 Å². The quantitative estimate of drug-likeness (QED) is 0.879. The van der Waals surface area contributed by atoms with Gasteiger partial charge < -0.3 is 10.1 Å². The van der Waals surface area contributed by atoms with Gasteiger partial charge in [-0.15, -0.1) is 0 Å². The average Bonchev–Trinajstić information content (AvgIpc) is 2.38. The van der Waals surface area contributed by atoms with Crippen LogP contribution in [0.5, 0.6) is 0 Å². The van der Waals surface area contributed by atoms with Gasteiger partial charge in [0, 0.05) is 32.0 Å². The number of nitrogens with one attached hydrogen (secondary N) is 1. The lowest BCUT2D eigenvalue weighted by Crippen LogP contribution is -2.33. The summed E-state index contributed by atoms with van der Waals surface area (Å²) < 4.78 is 5.76. The molecule has 0 amide bonds. The third-order valence-electron chi connectivity index (χ3n) is 3.36. The normalized spacial score (nSPS) is 19.7. The zero-order valence-electron chi connectivity index (χ0n) is 12.1. The van der Waals surface area contributed by atoms with Crippen LogP contribution in [0.15, 0.2) is 6.07 Å². The van der Waals surface area contributed by atoms with Crippen molar-refractivity contribution >= 4 is 5.82 Å². The van der Waals surface area contributed by atoms with Crippen LogP contribution in [0.3, 0.4) is 0 Å². The third kappa shape index (κ3) is 4.44. The lowest BCUT2D eigenvalue weighted by molar-refractivity contribution is -0.00291. The molecule has 1 N–H and O–H groups in total. The largest absolute Gasteiger partial charge is 0.377 e. The van der Waals surface area contributed by atoms with E-state index in [4.69, 9.17) is 4.74 Å². The minimum absolute atomic E-state index is 0.368. The van der Waals surface area contributed by atoms with Crippen molar-refractivity contribution in [3.05, 3.63) is 17.6 Å². The van der Waals surface area contributed by atoms with Crippen molar-refractivity contribution in [3.8, 4) is 0 Å². The summed E-state index contributed by atoms with van der Waals surface area (Å²) in [6.07, 6.45) is 4.02. The Kier molecular flexibility index (Phi) is 5.10. The van der Waals surface area contributed by atoms with Crippen molar-refractivity contribution in [2.75, 3.05) is 32.6 Å². The Balaban J connectivity index is 1.90. The summed E-state index contributed by atoms with van der Waals surface area (Å²) in [6.45, 7) is 4.61. The fourth-order valence-electron chi connectivity index (χ4n) is 2.43. The van der Waals surface area contributed by atoms with Crippen molar-refractivity contribution in [3.63, 3.8) is 0 Å². The van der Waals surface area contributed by atoms with E-state index in [2.05, 4.69) is 27.2 Å². The minimum Gasteiger partial charge on any atom is -0.377 e. The van der Waals surface area contributed by atoms with Crippen LogP contribution >= 0.6 is 0 Å². The van der Waals surface area contributed by atoms with E-state index >= 15 is 0 Å². The SMILES string of the molecule is CNc1cc(C)nc(CN(C)CC2CCCCO2)n1. The van der Waals surface area contributed by atoms with E-state index in [-0.39, 0.29) is 0 Å². The number of anilines is 1. The van der Waals surface area contributed by atoms with E-state index in [1.807, 2.05) is 20.0 Å². The van der Waals surface area contributed by atoms with Gasteiger partial charge in [-0.05, 0) is 33.2 Å². The van der Waals surface area contributed by atoms with Crippen LogP contribution in [-0.2, 0) is 11.3 Å². The zero-order chi connectivity index (χ0) is 13.7. The molecule has 19 heavy (non-hydrogen) atoms. The number of likely N-dealkylation sites (N-methyl/N-ethyl adjacent to an activating group) is 1. The molecule has 0 bridgehead atoms. The summed E-state index contributed by atoms with van der Waals surface area (Å²) in [6, 6.07) is 1.95. The van der Waals surface area contributed by atoms with Crippen molar-refractivity contribution < 1.29 is 4.74 Å². The molecule has 5 nitrogen and oxygen atoms in total. The molecule has 1 fully saturated rings. The van der Waals surface area contributed by atoms with Gasteiger partial charge in [-0.2, -0.15) is 0 Å². The van der Waals surface area contributed by atoms with Gasteiger partial charge in [0.1, 0.15) is 11.6 Å². The highest BCUT2D eigenvalue weighted by atomic mass is 16.5. The fourth-order valence-corrected chi connectivity index (χ4v) is 2.43. The van der Waals surface area contributed by atoms with E-state index < -0.39 is 0 Å². The van der Waals surface area contributed by atoms with E-state index in [9.17, 15) is 0 Å². The smallest absolute Gasteiger partial charge is 0.144 e. The van der Waals surface area contributed by atoms with Crippen LogP contribution in [0.4, 0.5) is 5.82 Å². The van der Waals surface area contributed by atoms with Crippen LogP contribution in [0.25, 0.3) is 0 Å². The van der Waals surface area contributed by atoms with Gasteiger partial charge in [-0.25, -0.2) is 9.97 Å². The lowest BCUT2D eigenvalue weighted by atomic mass is 10.1. The maximum Gasteiger partial charge on any atom is 0.144 e. The standard InChI is InChI=1S/C14H24N4O/c1-11-8-13(15-2)17-14(16-11)10-18(3)9-12-6-4-5-7-19-12/h8,12H,4-7,9-10H2,1-3H3,(H,15,16,17). The molecule has 0 spiro atoms. The first-order valence-corrected chi connectivity index (χ1v) is 7.00. The second kappa shape index (κ2) is 6.82. The molecular weight excluding hydrogens is 240 g/mol. The Morgan fingerprint density at radius 2 is 2.26 bits per heavy atom. The molecule has 1 aliphatic rings. The summed E-state index contributed by atoms with van der Waals surface area (Å²) in [5, 5.41) is 3.07. The summed E-state index contributed by atoms with van der Waals surface area (Å²) in [4.78, 5) is 11.2. The van der Waals surface area contributed by atoms with Gasteiger partial charge in [0.05, 0.1) is 12.6 Å². The molecule has 106 valence electrons. The molecular formula is C14H24N4O. The molecule has 0 aromatic carbocycles. The maximum absolute atomic E-state index is 5.76. The van der Waals surface area contributed by atoms with Gasteiger partial charge in [-0.1, -0.05) is 0 Å². The summed E-state index contributed by atoms with van der Waals surface area (Å²) in [7, 11) is 3.98. The van der Waals surface area contributed by atoms with Crippen LogP contribution in [0, 0.1) is 6.92 Å². The molecule has 1 atom stereocenters. The second-order valence-electron chi connectivity index (χ2n) is 5.25. The molecule has 1 unspecified atom stereocenters. The molecule has 1 aliphatic heterocycles. The molecule has 0 aliphatic carbocycles. The highest BCUT2D eigenvalue weighted by Gasteiger charge is 2.16. The Hall–Kier alpha value is -1.20. The number of rotatable bonds is 5. The number of ether oxygens (including phenoxy) is 1. The molecule has 1 aromatic heterocycles. The predicted octanol–water partition coefficient (Wildman–Crippen LogP) is 1.83. The first kappa shape index (κ1) is 14.2. The lowest BCUT2D eigenvalue weighted by Gasteiger charge is -2.27. The summed E-state index contributed by atoms with van der Waals surface area (Å²) in [5.74, 6) is 1.74. The Morgan fingerprint density at radius 1 is 1.42 bits per heavy atom. The minimum atomic E-state index is 0.368. The molecule has 0 saturated carbocycles. The second-order valence-corrected chi connectivity index (χ2v) is 5.25. The van der Waals surface area contributed by atoms with Crippen molar-refractivity contribution in [1.82, 2.24) is 14.9 Å². The van der Waals surface area contributed by atoms with Crippen molar-refractivity contribution in [2.24, 2.45) is 0 Å². The van der Waals surface area contributed by atoms with Gasteiger partial charge in [0.15, 0.2) is 0 Å². The number of hydrogen-bond acceptors (Lipinski definition) is 5. The molecule has 2 rings (SSSR count). The zero-order valence-corrected chi connectivity index (χ0v) is 12.1. The number of hydrogen-bond donors (Lipinski definition) is 1. The van der Waals surface area contributed by atoms with Crippen LogP contribution < -0.4 is 5.32 Å². The molecule has 2 heterocycles. The molecule has 5 heteroatoms. The highest BCUT2D eigenvalue weighted by Crippen LogP contribution is 2.14. The fraction of sp³-hybridized carbons (Fsp3) is 0.714. The average molecular weight is 264 g/mol. The Morgan fingerprint density at radius 3 is 2.95 bits per heavy atom. The maximum atomic E-state index is 5.76. The first-order valence-electron chi connectivity index (χ1n) is 7.00. The third-order valence-corrected chi connectivity index (χ3v) is 3.36. The van der Waals surface area contributed by atoms with Gasteiger partial charge >= 0.3 is 0 Å². The Bertz CT molecular complexity index is 404. The summed E-state index contributed by atoms with van der Waals surface area (Å²) >= 11 is 0. The Labute approximate surface area is 115 Å². The van der Waals surface area contributed by atoms with Gasteiger partial charge in [0.2, 0.25) is 0 Å². The topological polar surface area (TPSA) is 50.3 Å². The van der Waals surface area contributed by atoms with Crippen LogP contribution in [0.1, 0.15) is 30.8 Å². The summed E-state index contributed by atoms with van der Waals surface area (Å²) in [5.41, 5.74) is 0.997. The van der Waals surface area contributed by atoms with Crippen molar-refractivity contribution in [1.29, 1.82) is 0 Å². The van der Waals surface area contributed by atoms with E-state index in [1.54, 1.807) is 0 Å². The van der Waals surface area contributed by atoms with E-state index in [0.717, 1.165) is 37.0 Å². The number of aromatic nitrogens is 2. The molecule has 1 saturated heterocycles. The highest BCUT2D eigenvalue weighted by molar-refractivity contribution is 5.34. The number of nitrogens with zero attached hydrogens (tertiary/aromatic N) is 3. The number of aryl methyl sites for hydroxylation is 1. The van der Waals surface area contributed by atoms with Gasteiger partial charge in [-0.3, -0.25) is 4.90 Å². The molecule has 1 aromatic rings. The first-order chi connectivity index (χ1) is 9.17. The predicted molar refractivity (Wildman–Crippen MR) is 76.2 cm³/mol. The van der Waals surface area contributed by atoms with Gasteiger partial charge in [0.25, 0.3) is 0 Å². The monoisotopic (exact) mass is 264 g/mol. The van der Waals surface area contributed by atoms with Crippen molar-refractivity contribution in [2.45, 2.75) is 38.8 Å². The van der Waals surface area contributed by atoms with Crippen LogP contribution in [0.2, 0.25) is 0 Å².